The maximum Gasteiger partial charge on any atom is 0.311 e. The molecule has 2 atom stereocenters. The number of hydrogen-bond donors (Lipinski definition) is 2. The Labute approximate surface area is 122 Å². The van der Waals surface area contributed by atoms with Crippen LogP contribution in [0.5, 0.6) is 5.75 Å². The van der Waals surface area contributed by atoms with E-state index in [4.69, 9.17) is 10.5 Å². The second-order valence-corrected chi connectivity index (χ2v) is 5.12. The molecule has 2 rings (SSSR count). The van der Waals surface area contributed by atoms with Crippen LogP contribution in [0.2, 0.25) is 0 Å². The molecule has 1 saturated carbocycles. The largest absolute Gasteiger partial charge is 0.482 e. The van der Waals surface area contributed by atoms with E-state index >= 15 is 0 Å². The van der Waals surface area contributed by atoms with E-state index in [1.165, 1.54) is 25.2 Å². The number of rotatable bonds is 4. The lowest BCUT2D eigenvalue weighted by molar-refractivity contribution is -0.386. The number of nitrogens with zero attached hydrogens (tertiary/aromatic N) is 1. The van der Waals surface area contributed by atoms with Gasteiger partial charge in [0.2, 0.25) is 0 Å². The monoisotopic (exact) mass is 293 g/mol. The highest BCUT2D eigenvalue weighted by Crippen LogP contribution is 2.31. The number of carbonyl (C=O) groups is 1. The molecule has 114 valence electrons. The first-order chi connectivity index (χ1) is 10.0. The van der Waals surface area contributed by atoms with Crippen molar-refractivity contribution in [1.29, 1.82) is 0 Å². The molecule has 1 aliphatic carbocycles. The van der Waals surface area contributed by atoms with Crippen LogP contribution in [0.3, 0.4) is 0 Å². The zero-order valence-electron chi connectivity index (χ0n) is 11.9. The number of nitrogens with two attached hydrogens (primary N) is 1. The number of amides is 1. The van der Waals surface area contributed by atoms with Gasteiger partial charge in [-0.1, -0.05) is 6.42 Å². The highest BCUT2D eigenvalue weighted by Gasteiger charge is 2.27. The van der Waals surface area contributed by atoms with Gasteiger partial charge in [0.1, 0.15) is 6.10 Å². The number of carbonyl (C=O) groups excluding carboxylic acids is 1. The van der Waals surface area contributed by atoms with E-state index in [9.17, 15) is 14.9 Å². The Morgan fingerprint density at radius 3 is 2.76 bits per heavy atom. The van der Waals surface area contributed by atoms with Gasteiger partial charge in [-0.05, 0) is 31.4 Å². The molecule has 1 aromatic rings. The lowest BCUT2D eigenvalue weighted by atomic mass is 9.93. The normalized spacial score (nSPS) is 21.6. The molecule has 0 saturated heterocycles. The van der Waals surface area contributed by atoms with Gasteiger partial charge in [-0.2, -0.15) is 0 Å². The van der Waals surface area contributed by atoms with E-state index in [1.807, 2.05) is 0 Å². The number of nitro groups is 1. The highest BCUT2D eigenvalue weighted by molar-refractivity contribution is 5.94. The van der Waals surface area contributed by atoms with Crippen LogP contribution in [0.25, 0.3) is 0 Å². The minimum Gasteiger partial charge on any atom is -0.482 e. The van der Waals surface area contributed by atoms with E-state index in [0.717, 1.165) is 25.7 Å². The second kappa shape index (κ2) is 6.53. The molecule has 0 aliphatic heterocycles. The summed E-state index contributed by atoms with van der Waals surface area (Å²) >= 11 is 0. The van der Waals surface area contributed by atoms with Gasteiger partial charge in [-0.3, -0.25) is 14.9 Å². The number of nitrogens with one attached hydrogen (secondary N) is 1. The summed E-state index contributed by atoms with van der Waals surface area (Å²) in [5.41, 5.74) is 6.01. The number of benzene rings is 1. The molecule has 1 fully saturated rings. The first-order valence-electron chi connectivity index (χ1n) is 6.95. The van der Waals surface area contributed by atoms with Crippen molar-refractivity contribution in [2.75, 3.05) is 7.05 Å². The van der Waals surface area contributed by atoms with Gasteiger partial charge in [0, 0.05) is 24.7 Å². The predicted molar refractivity (Wildman–Crippen MR) is 77.3 cm³/mol. The SMILES string of the molecule is CNC(=O)c1ccc(OC2CCCCC2N)c([N+](=O)[O-])c1. The molecule has 3 N–H and O–H groups in total. The van der Waals surface area contributed by atoms with Crippen LogP contribution in [0.1, 0.15) is 36.0 Å². The summed E-state index contributed by atoms with van der Waals surface area (Å²) in [6.07, 6.45) is 3.48. The van der Waals surface area contributed by atoms with Crippen molar-refractivity contribution in [2.24, 2.45) is 5.73 Å². The molecule has 0 radical (unpaired) electrons. The van der Waals surface area contributed by atoms with E-state index < -0.39 is 4.92 Å². The average Bonchev–Trinajstić information content (AvgIpc) is 2.49. The third kappa shape index (κ3) is 3.49. The number of nitro benzene ring substituents is 1. The van der Waals surface area contributed by atoms with Crippen LogP contribution in [0, 0.1) is 10.1 Å². The van der Waals surface area contributed by atoms with Crippen molar-refractivity contribution >= 4 is 11.6 Å². The van der Waals surface area contributed by atoms with Crippen LogP contribution in [0.4, 0.5) is 5.69 Å². The second-order valence-electron chi connectivity index (χ2n) is 5.12. The summed E-state index contributed by atoms with van der Waals surface area (Å²) in [6.45, 7) is 0. The first kappa shape index (κ1) is 15.2. The maximum absolute atomic E-state index is 11.5. The van der Waals surface area contributed by atoms with Crippen molar-refractivity contribution in [2.45, 2.75) is 37.8 Å². The van der Waals surface area contributed by atoms with Crippen LogP contribution in [0.15, 0.2) is 18.2 Å². The minimum absolute atomic E-state index is 0.114. The third-order valence-electron chi connectivity index (χ3n) is 3.68. The summed E-state index contributed by atoms with van der Waals surface area (Å²) in [7, 11) is 1.47. The van der Waals surface area contributed by atoms with E-state index in [0.29, 0.717) is 0 Å². The molecule has 0 aromatic heterocycles. The van der Waals surface area contributed by atoms with Crippen molar-refractivity contribution in [1.82, 2.24) is 5.32 Å². The van der Waals surface area contributed by atoms with E-state index in [1.54, 1.807) is 0 Å². The van der Waals surface area contributed by atoms with Gasteiger partial charge in [-0.25, -0.2) is 0 Å². The topological polar surface area (TPSA) is 107 Å². The molecule has 2 unspecified atom stereocenters. The summed E-state index contributed by atoms with van der Waals surface area (Å²) in [4.78, 5) is 22.2. The van der Waals surface area contributed by atoms with Crippen molar-refractivity contribution in [3.63, 3.8) is 0 Å². The maximum atomic E-state index is 11.5. The Hall–Kier alpha value is -2.15. The molecule has 0 spiro atoms. The molecule has 1 amide bonds. The highest BCUT2D eigenvalue weighted by atomic mass is 16.6. The molecule has 1 aromatic carbocycles. The van der Waals surface area contributed by atoms with Crippen LogP contribution in [-0.2, 0) is 0 Å². The first-order valence-corrected chi connectivity index (χ1v) is 6.95. The fourth-order valence-electron chi connectivity index (χ4n) is 2.48. The molecule has 21 heavy (non-hydrogen) atoms. The summed E-state index contributed by atoms with van der Waals surface area (Å²) in [5.74, 6) is -0.214. The molecule has 1 aliphatic rings. The Bertz CT molecular complexity index is 547. The molecular weight excluding hydrogens is 274 g/mol. The van der Waals surface area contributed by atoms with Gasteiger partial charge in [0.05, 0.1) is 4.92 Å². The smallest absolute Gasteiger partial charge is 0.311 e. The van der Waals surface area contributed by atoms with Crippen LogP contribution >= 0.6 is 0 Å². The van der Waals surface area contributed by atoms with Gasteiger partial charge in [-0.15, -0.1) is 0 Å². The number of ether oxygens (including phenoxy) is 1. The van der Waals surface area contributed by atoms with Crippen molar-refractivity contribution < 1.29 is 14.5 Å². The van der Waals surface area contributed by atoms with E-state index in [2.05, 4.69) is 5.32 Å². The van der Waals surface area contributed by atoms with Crippen molar-refractivity contribution in [3.8, 4) is 5.75 Å². The fourth-order valence-corrected chi connectivity index (χ4v) is 2.48. The molecule has 0 heterocycles. The molecule has 0 bridgehead atoms. The summed E-state index contributed by atoms with van der Waals surface area (Å²) in [6, 6.07) is 4.08. The Morgan fingerprint density at radius 2 is 2.14 bits per heavy atom. The number of hydrogen-bond acceptors (Lipinski definition) is 5. The summed E-state index contributed by atoms with van der Waals surface area (Å²) < 4.78 is 5.73. The van der Waals surface area contributed by atoms with Gasteiger partial charge < -0.3 is 15.8 Å². The fraction of sp³-hybridized carbons (Fsp3) is 0.500. The zero-order chi connectivity index (χ0) is 15.4. The van der Waals surface area contributed by atoms with Gasteiger partial charge in [0.15, 0.2) is 5.75 Å². The standard InChI is InChI=1S/C14H19N3O4/c1-16-14(18)9-6-7-13(11(8-9)17(19)20)21-12-5-3-2-4-10(12)15/h6-8,10,12H,2-5,15H2,1H3,(H,16,18). The molecular formula is C14H19N3O4. The molecule has 7 nitrogen and oxygen atoms in total. The van der Waals surface area contributed by atoms with E-state index in [-0.39, 0.29) is 35.1 Å². The predicted octanol–water partition coefficient (Wildman–Crippen LogP) is 1.60. The summed E-state index contributed by atoms with van der Waals surface area (Å²) in [5, 5.41) is 13.6. The lowest BCUT2D eigenvalue weighted by Gasteiger charge is -2.28. The third-order valence-corrected chi connectivity index (χ3v) is 3.68. The Morgan fingerprint density at radius 1 is 1.43 bits per heavy atom. The van der Waals surface area contributed by atoms with Gasteiger partial charge >= 0.3 is 5.69 Å². The quantitative estimate of drug-likeness (QED) is 0.647. The van der Waals surface area contributed by atoms with Gasteiger partial charge in [0.25, 0.3) is 5.91 Å². The minimum atomic E-state index is -0.546. The van der Waals surface area contributed by atoms with Crippen LogP contribution < -0.4 is 15.8 Å². The molecule has 7 heteroatoms. The average molecular weight is 293 g/mol. The lowest BCUT2D eigenvalue weighted by Crippen LogP contribution is -2.41. The zero-order valence-corrected chi connectivity index (χ0v) is 11.9. The van der Waals surface area contributed by atoms with Crippen LogP contribution in [-0.4, -0.2) is 30.0 Å². The van der Waals surface area contributed by atoms with Crippen molar-refractivity contribution in [3.05, 3.63) is 33.9 Å². The Kier molecular flexibility index (Phi) is 4.74. The Balaban J connectivity index is 2.26.